The molecule has 2 N–H and O–H groups in total. The fourth-order valence-electron chi connectivity index (χ4n) is 3.78. The van der Waals surface area contributed by atoms with Crippen molar-refractivity contribution in [3.8, 4) is 11.5 Å². The molecular formula is C24H27N3O5. The fraction of sp³-hybridized carbons (Fsp3) is 0.375. The summed E-state index contributed by atoms with van der Waals surface area (Å²) in [4.78, 5) is 39.2. The molecule has 1 saturated heterocycles. The number of anilines is 3. The number of carbonyl (C=O) groups is 3. The van der Waals surface area contributed by atoms with Crippen LogP contribution in [0.3, 0.4) is 0 Å². The molecule has 2 aliphatic rings. The number of methoxy groups -OCH3 is 2. The molecule has 8 nitrogen and oxygen atoms in total. The van der Waals surface area contributed by atoms with Gasteiger partial charge in [0.2, 0.25) is 17.7 Å². The summed E-state index contributed by atoms with van der Waals surface area (Å²) in [6.07, 6.45) is 1.97. The van der Waals surface area contributed by atoms with Gasteiger partial charge in [0, 0.05) is 42.0 Å². The second-order valence-electron chi connectivity index (χ2n) is 8.23. The van der Waals surface area contributed by atoms with Crippen molar-refractivity contribution in [1.29, 1.82) is 0 Å². The quantitative estimate of drug-likeness (QED) is 0.692. The third-order valence-corrected chi connectivity index (χ3v) is 5.89. The van der Waals surface area contributed by atoms with Crippen LogP contribution in [0.2, 0.25) is 0 Å². The molecule has 1 atom stereocenters. The van der Waals surface area contributed by atoms with Crippen molar-refractivity contribution >= 4 is 34.8 Å². The SMILES string of the molecule is COc1ccc(N2CC(C(=O)Nc3cc(NC(=O)C4CC4)ccc3C)CC2=O)cc1OC. The van der Waals surface area contributed by atoms with E-state index < -0.39 is 5.92 Å². The van der Waals surface area contributed by atoms with Crippen molar-refractivity contribution in [3.05, 3.63) is 42.0 Å². The predicted octanol–water partition coefficient (Wildman–Crippen LogP) is 3.35. The number of rotatable bonds is 7. The molecule has 0 aromatic heterocycles. The number of nitrogens with zero attached hydrogens (tertiary/aromatic N) is 1. The van der Waals surface area contributed by atoms with Crippen molar-refractivity contribution in [2.45, 2.75) is 26.2 Å². The lowest BCUT2D eigenvalue weighted by atomic mass is 10.1. The summed E-state index contributed by atoms with van der Waals surface area (Å²) >= 11 is 0. The number of aryl methyl sites for hydroxylation is 1. The maximum Gasteiger partial charge on any atom is 0.229 e. The Morgan fingerprint density at radius 1 is 0.938 bits per heavy atom. The molecule has 2 aromatic carbocycles. The molecule has 2 aromatic rings. The first kappa shape index (κ1) is 21.7. The van der Waals surface area contributed by atoms with Gasteiger partial charge in [-0.2, -0.15) is 0 Å². The zero-order chi connectivity index (χ0) is 22.8. The highest BCUT2D eigenvalue weighted by atomic mass is 16.5. The second kappa shape index (κ2) is 8.90. The molecule has 8 heteroatoms. The van der Waals surface area contributed by atoms with E-state index in [1.54, 1.807) is 36.3 Å². The minimum atomic E-state index is -0.486. The lowest BCUT2D eigenvalue weighted by molar-refractivity contribution is -0.122. The smallest absolute Gasteiger partial charge is 0.229 e. The third kappa shape index (κ3) is 4.54. The van der Waals surface area contributed by atoms with E-state index in [9.17, 15) is 14.4 Å². The largest absolute Gasteiger partial charge is 0.493 e. The number of hydrogen-bond donors (Lipinski definition) is 2. The number of hydrogen-bond acceptors (Lipinski definition) is 5. The molecule has 1 aliphatic carbocycles. The second-order valence-corrected chi connectivity index (χ2v) is 8.23. The van der Waals surface area contributed by atoms with Gasteiger partial charge < -0.3 is 25.0 Å². The highest BCUT2D eigenvalue weighted by Gasteiger charge is 2.36. The van der Waals surface area contributed by atoms with Gasteiger partial charge in [-0.1, -0.05) is 6.07 Å². The predicted molar refractivity (Wildman–Crippen MR) is 121 cm³/mol. The zero-order valence-corrected chi connectivity index (χ0v) is 18.4. The van der Waals surface area contributed by atoms with Gasteiger partial charge in [0.05, 0.1) is 20.1 Å². The van der Waals surface area contributed by atoms with E-state index in [2.05, 4.69) is 10.6 Å². The number of ether oxygens (including phenoxy) is 2. The normalized spacial score (nSPS) is 17.8. The van der Waals surface area contributed by atoms with E-state index in [0.717, 1.165) is 18.4 Å². The summed E-state index contributed by atoms with van der Waals surface area (Å²) in [5.41, 5.74) is 2.81. The summed E-state index contributed by atoms with van der Waals surface area (Å²) < 4.78 is 10.6. The molecule has 32 heavy (non-hydrogen) atoms. The van der Waals surface area contributed by atoms with Crippen LogP contribution in [0.15, 0.2) is 36.4 Å². The summed E-state index contributed by atoms with van der Waals surface area (Å²) in [5.74, 6) is 0.363. The third-order valence-electron chi connectivity index (χ3n) is 5.89. The lowest BCUT2D eigenvalue weighted by Crippen LogP contribution is -2.28. The Morgan fingerprint density at radius 3 is 2.34 bits per heavy atom. The Labute approximate surface area is 186 Å². The maximum absolute atomic E-state index is 12.9. The number of nitrogens with one attached hydrogen (secondary N) is 2. The van der Waals surface area contributed by atoms with Crippen LogP contribution in [0, 0.1) is 18.8 Å². The molecule has 0 radical (unpaired) electrons. The highest BCUT2D eigenvalue weighted by molar-refractivity contribution is 6.04. The first-order chi connectivity index (χ1) is 15.4. The molecule has 2 fully saturated rings. The molecule has 1 saturated carbocycles. The molecule has 1 aliphatic heterocycles. The van der Waals surface area contributed by atoms with Crippen molar-refractivity contribution in [2.24, 2.45) is 11.8 Å². The first-order valence-electron chi connectivity index (χ1n) is 10.6. The van der Waals surface area contributed by atoms with Gasteiger partial charge in [0.1, 0.15) is 0 Å². The molecule has 1 heterocycles. The van der Waals surface area contributed by atoms with Gasteiger partial charge in [0.25, 0.3) is 0 Å². The molecular weight excluding hydrogens is 410 g/mol. The van der Waals surface area contributed by atoms with Crippen LogP contribution in [-0.2, 0) is 14.4 Å². The van der Waals surface area contributed by atoms with Gasteiger partial charge >= 0.3 is 0 Å². The van der Waals surface area contributed by atoms with E-state index >= 15 is 0 Å². The Bertz CT molecular complexity index is 1060. The van der Waals surface area contributed by atoms with Gasteiger partial charge in [0.15, 0.2) is 11.5 Å². The Balaban J connectivity index is 1.44. The van der Waals surface area contributed by atoms with Crippen LogP contribution in [0.25, 0.3) is 0 Å². The van der Waals surface area contributed by atoms with Gasteiger partial charge in [-0.15, -0.1) is 0 Å². The van der Waals surface area contributed by atoms with E-state index in [0.29, 0.717) is 28.6 Å². The van der Waals surface area contributed by atoms with E-state index in [-0.39, 0.29) is 36.6 Å². The van der Waals surface area contributed by atoms with E-state index in [4.69, 9.17) is 9.47 Å². The van der Waals surface area contributed by atoms with Crippen LogP contribution in [0.4, 0.5) is 17.1 Å². The number of amides is 3. The number of benzene rings is 2. The number of carbonyl (C=O) groups excluding carboxylic acids is 3. The van der Waals surface area contributed by atoms with Crippen LogP contribution in [0.5, 0.6) is 11.5 Å². The average Bonchev–Trinajstić information content (AvgIpc) is 3.57. The fourth-order valence-corrected chi connectivity index (χ4v) is 3.78. The Morgan fingerprint density at radius 2 is 1.66 bits per heavy atom. The van der Waals surface area contributed by atoms with Crippen LogP contribution in [-0.4, -0.2) is 38.5 Å². The van der Waals surface area contributed by atoms with Crippen LogP contribution < -0.4 is 25.0 Å². The first-order valence-corrected chi connectivity index (χ1v) is 10.6. The lowest BCUT2D eigenvalue weighted by Gasteiger charge is -2.19. The molecule has 0 bridgehead atoms. The van der Waals surface area contributed by atoms with E-state index in [1.165, 1.54) is 7.11 Å². The molecule has 168 valence electrons. The highest BCUT2D eigenvalue weighted by Crippen LogP contribution is 2.35. The van der Waals surface area contributed by atoms with Crippen molar-refractivity contribution in [1.82, 2.24) is 0 Å². The summed E-state index contributed by atoms with van der Waals surface area (Å²) in [6.45, 7) is 2.16. The monoisotopic (exact) mass is 437 g/mol. The molecule has 0 spiro atoms. The van der Waals surface area contributed by atoms with Crippen molar-refractivity contribution < 1.29 is 23.9 Å². The molecule has 4 rings (SSSR count). The van der Waals surface area contributed by atoms with Crippen molar-refractivity contribution in [2.75, 3.05) is 36.3 Å². The average molecular weight is 437 g/mol. The van der Waals surface area contributed by atoms with Gasteiger partial charge in [-0.25, -0.2) is 0 Å². The molecule has 3 amide bonds. The van der Waals surface area contributed by atoms with Gasteiger partial charge in [-0.3, -0.25) is 14.4 Å². The molecule has 1 unspecified atom stereocenters. The van der Waals surface area contributed by atoms with Gasteiger partial charge in [-0.05, 0) is 49.6 Å². The minimum absolute atomic E-state index is 0.0121. The Kier molecular flexibility index (Phi) is 6.03. The minimum Gasteiger partial charge on any atom is -0.493 e. The topological polar surface area (TPSA) is 97.0 Å². The Hall–Kier alpha value is -3.55. The van der Waals surface area contributed by atoms with E-state index in [1.807, 2.05) is 19.1 Å². The summed E-state index contributed by atoms with van der Waals surface area (Å²) in [6, 6.07) is 10.7. The zero-order valence-electron chi connectivity index (χ0n) is 18.4. The van der Waals surface area contributed by atoms with Crippen LogP contribution in [0.1, 0.15) is 24.8 Å². The maximum atomic E-state index is 12.9. The standard InChI is InChI=1S/C24H27N3O5/c1-14-4-7-17(25-23(29)15-5-6-15)11-19(14)26-24(30)16-10-22(28)27(13-16)18-8-9-20(31-2)21(12-18)32-3/h4,7-9,11-12,15-16H,5-6,10,13H2,1-3H3,(H,25,29)(H,26,30). The van der Waals surface area contributed by atoms with Crippen LogP contribution >= 0.6 is 0 Å². The summed E-state index contributed by atoms with van der Waals surface area (Å²) in [5, 5.41) is 5.83. The summed E-state index contributed by atoms with van der Waals surface area (Å²) in [7, 11) is 3.08. The van der Waals surface area contributed by atoms with Crippen molar-refractivity contribution in [3.63, 3.8) is 0 Å².